The Balaban J connectivity index is 1.63. The van der Waals surface area contributed by atoms with Crippen molar-refractivity contribution in [2.75, 3.05) is 14.2 Å². The summed E-state index contributed by atoms with van der Waals surface area (Å²) in [6.45, 7) is -0.509. The first-order valence-corrected chi connectivity index (χ1v) is 8.55. The van der Waals surface area contributed by atoms with E-state index >= 15 is 0 Å². The average Bonchev–Trinajstić information content (AvgIpc) is 3.12. The predicted octanol–water partition coefficient (Wildman–Crippen LogP) is 1.12. The van der Waals surface area contributed by atoms with Crippen molar-refractivity contribution in [2.24, 2.45) is 0 Å². The lowest BCUT2D eigenvalue weighted by molar-refractivity contribution is -0.122. The second kappa shape index (κ2) is 8.90. The minimum Gasteiger partial charge on any atom is -0.497 e. The fourth-order valence-corrected chi connectivity index (χ4v) is 2.43. The van der Waals surface area contributed by atoms with Crippen molar-refractivity contribution < 1.29 is 27.9 Å². The summed E-state index contributed by atoms with van der Waals surface area (Å²) in [5, 5.41) is 3.89. The average molecular weight is 416 g/mol. The molecular weight excluding hydrogens is 399 g/mol. The Bertz CT molecular complexity index is 1100. The molecule has 0 spiro atoms. The van der Waals surface area contributed by atoms with Crippen LogP contribution in [-0.2, 0) is 11.3 Å². The second-order valence-corrected chi connectivity index (χ2v) is 5.94. The zero-order chi connectivity index (χ0) is 21.7. The third kappa shape index (κ3) is 4.82. The highest BCUT2D eigenvalue weighted by molar-refractivity contribution is 5.96. The van der Waals surface area contributed by atoms with Crippen LogP contribution in [0.5, 0.6) is 11.5 Å². The van der Waals surface area contributed by atoms with Crippen LogP contribution in [0.15, 0.2) is 51.7 Å². The molecule has 1 heterocycles. The van der Waals surface area contributed by atoms with Crippen molar-refractivity contribution in [3.63, 3.8) is 0 Å². The summed E-state index contributed by atoms with van der Waals surface area (Å²) >= 11 is 0. The number of nitrogens with zero attached hydrogens (tertiary/aromatic N) is 2. The van der Waals surface area contributed by atoms with Crippen molar-refractivity contribution in [2.45, 2.75) is 6.54 Å². The molecule has 1 aromatic heterocycles. The maximum absolute atomic E-state index is 13.0. The van der Waals surface area contributed by atoms with Gasteiger partial charge in [0.1, 0.15) is 23.9 Å². The first kappa shape index (κ1) is 20.6. The minimum absolute atomic E-state index is 0.0692. The summed E-state index contributed by atoms with van der Waals surface area (Å²) in [5.74, 6) is -1.96. The quantitative estimate of drug-likeness (QED) is 0.577. The highest BCUT2D eigenvalue weighted by atomic mass is 19.1. The lowest BCUT2D eigenvalue weighted by Gasteiger charge is -2.10. The molecule has 3 rings (SSSR count). The van der Waals surface area contributed by atoms with Gasteiger partial charge in [-0.05, 0) is 36.4 Å². The minimum atomic E-state index is -0.881. The molecule has 0 saturated heterocycles. The van der Waals surface area contributed by atoms with Gasteiger partial charge in [0.25, 0.3) is 11.8 Å². The Kier molecular flexibility index (Phi) is 6.11. The Hall–Kier alpha value is -4.15. The fraction of sp³-hybridized carbons (Fsp3) is 0.158. The number of aromatic nitrogens is 2. The number of halogens is 1. The molecule has 0 fully saturated rings. The van der Waals surface area contributed by atoms with Crippen molar-refractivity contribution in [3.8, 4) is 23.0 Å². The summed E-state index contributed by atoms with van der Waals surface area (Å²) in [7, 11) is 2.88. The monoisotopic (exact) mass is 416 g/mol. The van der Waals surface area contributed by atoms with Gasteiger partial charge in [-0.25, -0.2) is 9.18 Å². The summed E-state index contributed by atoms with van der Waals surface area (Å²) in [6, 6.07) is 9.64. The molecule has 0 saturated carbocycles. The van der Waals surface area contributed by atoms with E-state index in [9.17, 15) is 18.8 Å². The smallest absolute Gasteiger partial charge is 0.437 e. The molecule has 11 heteroatoms. The summed E-state index contributed by atoms with van der Waals surface area (Å²) < 4.78 is 28.9. The number of hydrogen-bond acceptors (Lipinski definition) is 7. The maximum atomic E-state index is 13.0. The SMILES string of the molecule is COc1cc(OC)cc(C(=O)NNC(=O)Cn2nc(-c3ccc(F)cc3)oc2=O)c1. The summed E-state index contributed by atoms with van der Waals surface area (Å²) in [5.41, 5.74) is 4.95. The predicted molar refractivity (Wildman–Crippen MR) is 101 cm³/mol. The van der Waals surface area contributed by atoms with E-state index in [1.54, 1.807) is 6.07 Å². The van der Waals surface area contributed by atoms with Crippen molar-refractivity contribution >= 4 is 11.8 Å². The number of rotatable bonds is 6. The maximum Gasteiger partial charge on any atom is 0.437 e. The number of hydrazine groups is 1. The van der Waals surface area contributed by atoms with E-state index in [1.165, 1.54) is 50.6 Å². The van der Waals surface area contributed by atoms with Crippen molar-refractivity contribution in [1.82, 2.24) is 20.6 Å². The van der Waals surface area contributed by atoms with Crippen LogP contribution < -0.4 is 26.1 Å². The van der Waals surface area contributed by atoms with Crippen LogP contribution in [0.4, 0.5) is 4.39 Å². The number of carbonyl (C=O) groups excluding carboxylic acids is 2. The first-order chi connectivity index (χ1) is 14.4. The van der Waals surface area contributed by atoms with Crippen LogP contribution in [0.25, 0.3) is 11.5 Å². The van der Waals surface area contributed by atoms with E-state index in [2.05, 4.69) is 16.0 Å². The molecule has 2 N–H and O–H groups in total. The largest absolute Gasteiger partial charge is 0.497 e. The second-order valence-electron chi connectivity index (χ2n) is 5.94. The zero-order valence-corrected chi connectivity index (χ0v) is 16.0. The Morgan fingerprint density at radius 2 is 1.70 bits per heavy atom. The Labute approximate surface area is 169 Å². The van der Waals surface area contributed by atoms with E-state index in [0.717, 1.165) is 4.68 Å². The third-order valence-electron chi connectivity index (χ3n) is 3.92. The molecule has 3 aromatic rings. The Morgan fingerprint density at radius 3 is 2.30 bits per heavy atom. The third-order valence-corrected chi connectivity index (χ3v) is 3.92. The number of hydrogen-bond donors (Lipinski definition) is 2. The lowest BCUT2D eigenvalue weighted by Crippen LogP contribution is -2.44. The van der Waals surface area contributed by atoms with E-state index in [1.807, 2.05) is 0 Å². The van der Waals surface area contributed by atoms with Crippen LogP contribution >= 0.6 is 0 Å². The van der Waals surface area contributed by atoms with Gasteiger partial charge in [-0.2, -0.15) is 4.68 Å². The fourth-order valence-electron chi connectivity index (χ4n) is 2.43. The van der Waals surface area contributed by atoms with E-state index < -0.39 is 29.9 Å². The highest BCUT2D eigenvalue weighted by Gasteiger charge is 2.15. The van der Waals surface area contributed by atoms with Gasteiger partial charge in [-0.1, -0.05) is 0 Å². The van der Waals surface area contributed by atoms with Crippen LogP contribution in [0.1, 0.15) is 10.4 Å². The van der Waals surface area contributed by atoms with Gasteiger partial charge < -0.3 is 13.9 Å². The van der Waals surface area contributed by atoms with Gasteiger partial charge in [-0.3, -0.25) is 20.4 Å². The van der Waals surface area contributed by atoms with Gasteiger partial charge in [0.2, 0.25) is 5.89 Å². The van der Waals surface area contributed by atoms with Gasteiger partial charge in [0.05, 0.1) is 14.2 Å². The molecule has 0 aliphatic carbocycles. The van der Waals surface area contributed by atoms with Crippen LogP contribution in [-0.4, -0.2) is 35.8 Å². The van der Waals surface area contributed by atoms with Crippen molar-refractivity contribution in [1.29, 1.82) is 0 Å². The van der Waals surface area contributed by atoms with E-state index in [0.29, 0.717) is 17.1 Å². The van der Waals surface area contributed by atoms with Gasteiger partial charge in [0, 0.05) is 17.2 Å². The van der Waals surface area contributed by atoms with E-state index in [-0.39, 0.29) is 11.5 Å². The molecule has 0 unspecified atom stereocenters. The first-order valence-electron chi connectivity index (χ1n) is 8.55. The number of methoxy groups -OCH3 is 2. The Morgan fingerprint density at radius 1 is 1.07 bits per heavy atom. The molecule has 156 valence electrons. The molecular formula is C19H17FN4O6. The highest BCUT2D eigenvalue weighted by Crippen LogP contribution is 2.22. The molecule has 0 aliphatic rings. The van der Waals surface area contributed by atoms with Gasteiger partial charge in [0.15, 0.2) is 0 Å². The molecule has 0 aliphatic heterocycles. The summed E-state index contributed by atoms with van der Waals surface area (Å²) in [6.07, 6.45) is 0. The number of ether oxygens (including phenoxy) is 2. The molecule has 0 radical (unpaired) electrons. The van der Waals surface area contributed by atoms with E-state index in [4.69, 9.17) is 13.9 Å². The molecule has 30 heavy (non-hydrogen) atoms. The summed E-state index contributed by atoms with van der Waals surface area (Å²) in [4.78, 5) is 36.2. The lowest BCUT2D eigenvalue weighted by atomic mass is 10.2. The molecule has 2 amide bonds. The van der Waals surface area contributed by atoms with Crippen LogP contribution in [0.3, 0.4) is 0 Å². The number of amides is 2. The van der Waals surface area contributed by atoms with Crippen LogP contribution in [0.2, 0.25) is 0 Å². The standard InChI is InChI=1S/C19H17FN4O6/c1-28-14-7-12(8-15(9-14)29-2)17(26)22-21-16(25)10-24-19(27)30-18(23-24)11-3-5-13(20)6-4-11/h3-9H,10H2,1-2H3,(H,21,25)(H,22,26). The molecule has 0 atom stereocenters. The zero-order valence-electron chi connectivity index (χ0n) is 16.0. The molecule has 0 bridgehead atoms. The van der Waals surface area contributed by atoms with Crippen molar-refractivity contribution in [3.05, 3.63) is 64.4 Å². The van der Waals surface area contributed by atoms with Crippen LogP contribution in [0, 0.1) is 5.82 Å². The van der Waals surface area contributed by atoms with Gasteiger partial charge in [-0.15, -0.1) is 5.10 Å². The number of carbonyl (C=O) groups is 2. The number of benzene rings is 2. The number of nitrogens with one attached hydrogen (secondary N) is 2. The van der Waals surface area contributed by atoms with Gasteiger partial charge >= 0.3 is 5.76 Å². The molecule has 10 nitrogen and oxygen atoms in total. The topological polar surface area (TPSA) is 125 Å². The normalized spacial score (nSPS) is 10.4. The molecule has 2 aromatic carbocycles.